The van der Waals surface area contributed by atoms with Crippen molar-refractivity contribution in [3.05, 3.63) is 71.6 Å². The van der Waals surface area contributed by atoms with Crippen molar-refractivity contribution >= 4 is 11.6 Å². The molecule has 0 spiro atoms. The van der Waals surface area contributed by atoms with Crippen LogP contribution in [-0.4, -0.2) is 44.5 Å². The van der Waals surface area contributed by atoms with Crippen LogP contribution in [0.15, 0.2) is 59.1 Å². The highest BCUT2D eigenvalue weighted by atomic mass is 16.5. The summed E-state index contributed by atoms with van der Waals surface area (Å²) in [5.74, 6) is 1.51. The molecule has 4 rings (SSSR count). The summed E-state index contributed by atoms with van der Waals surface area (Å²) in [7, 11) is 1.60. The van der Waals surface area contributed by atoms with Gasteiger partial charge in [0, 0.05) is 37.5 Å². The summed E-state index contributed by atoms with van der Waals surface area (Å²) in [6.45, 7) is 3.86. The molecule has 162 valence electrons. The molecule has 8 nitrogen and oxygen atoms in total. The van der Waals surface area contributed by atoms with Crippen molar-refractivity contribution in [1.82, 2.24) is 10.5 Å². The van der Waals surface area contributed by atoms with Crippen LogP contribution in [0.3, 0.4) is 0 Å². The average molecular weight is 423 g/mol. The molecule has 1 N–H and O–H groups in total. The molecule has 0 atom stereocenters. The quantitative estimate of drug-likeness (QED) is 0.596. The molecule has 1 amide bonds. The van der Waals surface area contributed by atoms with Gasteiger partial charge < -0.3 is 29.0 Å². The molecule has 0 bridgehead atoms. The first-order valence-electron chi connectivity index (χ1n) is 10.1. The number of benzene rings is 2. The summed E-state index contributed by atoms with van der Waals surface area (Å²) in [4.78, 5) is 14.7. The van der Waals surface area contributed by atoms with Crippen molar-refractivity contribution < 1.29 is 23.5 Å². The molecule has 2 heterocycles. The number of amides is 1. The monoisotopic (exact) mass is 423 g/mol. The van der Waals surface area contributed by atoms with Crippen LogP contribution in [0, 0.1) is 0 Å². The molecule has 0 radical (unpaired) electrons. The first-order valence-corrected chi connectivity index (χ1v) is 10.1. The number of carbonyl (C=O) groups excluding carboxylic acids is 1. The van der Waals surface area contributed by atoms with Crippen molar-refractivity contribution in [2.75, 3.05) is 38.3 Å². The summed E-state index contributed by atoms with van der Waals surface area (Å²) in [6.07, 6.45) is 0. The normalized spacial score (nSPS) is 13.6. The number of aromatic nitrogens is 1. The van der Waals surface area contributed by atoms with Gasteiger partial charge in [0.25, 0.3) is 5.91 Å². The highest BCUT2D eigenvalue weighted by Gasteiger charge is 2.14. The molecule has 31 heavy (non-hydrogen) atoms. The molecule has 0 saturated carbocycles. The van der Waals surface area contributed by atoms with Crippen LogP contribution < -0.4 is 19.7 Å². The van der Waals surface area contributed by atoms with Gasteiger partial charge in [-0.25, -0.2) is 0 Å². The number of hydrogen-bond donors (Lipinski definition) is 1. The van der Waals surface area contributed by atoms with E-state index in [9.17, 15) is 4.79 Å². The number of hydrogen-bond acceptors (Lipinski definition) is 7. The molecule has 1 aliphatic rings. The second-order valence-corrected chi connectivity index (χ2v) is 7.09. The Bertz CT molecular complexity index is 996. The van der Waals surface area contributed by atoms with E-state index in [1.54, 1.807) is 19.2 Å². The van der Waals surface area contributed by atoms with Gasteiger partial charge in [-0.15, -0.1) is 0 Å². The van der Waals surface area contributed by atoms with Gasteiger partial charge in [-0.1, -0.05) is 23.4 Å². The van der Waals surface area contributed by atoms with Gasteiger partial charge in [0.1, 0.15) is 18.1 Å². The number of anilines is 1. The Balaban J connectivity index is 1.26. The Labute approximate surface area is 180 Å². The maximum absolute atomic E-state index is 12.4. The lowest BCUT2D eigenvalue weighted by atomic mass is 10.2. The highest BCUT2D eigenvalue weighted by Crippen LogP contribution is 2.20. The maximum Gasteiger partial charge on any atom is 0.273 e. The van der Waals surface area contributed by atoms with Crippen molar-refractivity contribution in [3.63, 3.8) is 0 Å². The summed E-state index contributed by atoms with van der Waals surface area (Å²) in [6, 6.07) is 17.0. The number of nitrogens with one attached hydrogen (secondary N) is 1. The topological polar surface area (TPSA) is 86.1 Å². The fourth-order valence-electron chi connectivity index (χ4n) is 3.25. The molecule has 3 aromatic rings. The fourth-order valence-corrected chi connectivity index (χ4v) is 3.25. The molecule has 8 heteroatoms. The Hall–Kier alpha value is -3.52. The molecule has 0 aliphatic carbocycles. The molecular formula is C23H25N3O5. The highest BCUT2D eigenvalue weighted by molar-refractivity contribution is 5.92. The standard InChI is InChI=1S/C23H25N3O5/c1-28-19-3-2-4-20(13-19)30-16-21-14-22(25-31-21)23(27)24-15-17-5-7-18(8-6-17)26-9-11-29-12-10-26/h2-8,13-14H,9-12,15-16H2,1H3,(H,24,27). The van der Waals surface area contributed by atoms with Gasteiger partial charge in [-0.05, 0) is 29.8 Å². The van der Waals surface area contributed by atoms with Gasteiger partial charge in [0.2, 0.25) is 0 Å². The minimum Gasteiger partial charge on any atom is -0.497 e. The third kappa shape index (κ3) is 5.55. The largest absolute Gasteiger partial charge is 0.497 e. The van der Waals surface area contributed by atoms with Gasteiger partial charge >= 0.3 is 0 Å². The fraction of sp³-hybridized carbons (Fsp3) is 0.304. The van der Waals surface area contributed by atoms with E-state index in [1.165, 1.54) is 0 Å². The van der Waals surface area contributed by atoms with Crippen LogP contribution in [0.4, 0.5) is 5.69 Å². The molecule has 0 unspecified atom stereocenters. The second kappa shape index (κ2) is 9.99. The number of morpholine rings is 1. The first-order chi connectivity index (χ1) is 15.2. The predicted molar refractivity (Wildman–Crippen MR) is 114 cm³/mol. The minimum absolute atomic E-state index is 0.163. The van der Waals surface area contributed by atoms with E-state index in [-0.39, 0.29) is 18.2 Å². The lowest BCUT2D eigenvalue weighted by molar-refractivity contribution is 0.0941. The SMILES string of the molecule is COc1cccc(OCc2cc(C(=O)NCc3ccc(N4CCOCC4)cc3)no2)c1. The smallest absolute Gasteiger partial charge is 0.273 e. The third-order valence-corrected chi connectivity index (χ3v) is 4.98. The van der Waals surface area contributed by atoms with Crippen LogP contribution in [0.5, 0.6) is 11.5 Å². The number of carbonyl (C=O) groups is 1. The van der Waals surface area contributed by atoms with Crippen LogP contribution in [0.2, 0.25) is 0 Å². The van der Waals surface area contributed by atoms with Gasteiger partial charge in [-0.3, -0.25) is 4.79 Å². The van der Waals surface area contributed by atoms with E-state index in [0.717, 1.165) is 37.6 Å². The van der Waals surface area contributed by atoms with Crippen molar-refractivity contribution in [3.8, 4) is 11.5 Å². The van der Waals surface area contributed by atoms with Gasteiger partial charge in [-0.2, -0.15) is 0 Å². The minimum atomic E-state index is -0.298. The van der Waals surface area contributed by atoms with Crippen molar-refractivity contribution in [1.29, 1.82) is 0 Å². The van der Waals surface area contributed by atoms with Crippen LogP contribution in [0.1, 0.15) is 21.8 Å². The number of nitrogens with zero attached hydrogens (tertiary/aromatic N) is 2. The molecule has 1 aliphatic heterocycles. The lowest BCUT2D eigenvalue weighted by Crippen LogP contribution is -2.36. The van der Waals surface area contributed by atoms with Crippen LogP contribution >= 0.6 is 0 Å². The Morgan fingerprint density at radius 2 is 1.87 bits per heavy atom. The van der Waals surface area contributed by atoms with E-state index < -0.39 is 0 Å². The molecule has 2 aromatic carbocycles. The maximum atomic E-state index is 12.4. The Kier molecular flexibility index (Phi) is 6.68. The van der Waals surface area contributed by atoms with E-state index in [0.29, 0.717) is 23.8 Å². The van der Waals surface area contributed by atoms with Crippen LogP contribution in [0.25, 0.3) is 0 Å². The predicted octanol–water partition coefficient (Wildman–Crippen LogP) is 3.03. The molecule has 1 aromatic heterocycles. The lowest BCUT2D eigenvalue weighted by Gasteiger charge is -2.28. The number of rotatable bonds is 8. The molecule has 1 fully saturated rings. The Morgan fingerprint density at radius 1 is 1.10 bits per heavy atom. The van der Waals surface area contributed by atoms with Crippen LogP contribution in [-0.2, 0) is 17.9 Å². The summed E-state index contributed by atoms with van der Waals surface area (Å²) < 4.78 is 21.4. The summed E-state index contributed by atoms with van der Waals surface area (Å²) in [5, 5.41) is 6.70. The van der Waals surface area contributed by atoms with E-state index >= 15 is 0 Å². The Morgan fingerprint density at radius 3 is 2.65 bits per heavy atom. The van der Waals surface area contributed by atoms with Gasteiger partial charge in [0.05, 0.1) is 20.3 Å². The van der Waals surface area contributed by atoms with E-state index in [4.69, 9.17) is 18.7 Å². The van der Waals surface area contributed by atoms with Crippen molar-refractivity contribution in [2.24, 2.45) is 0 Å². The van der Waals surface area contributed by atoms with E-state index in [2.05, 4.69) is 27.5 Å². The zero-order chi connectivity index (χ0) is 21.5. The number of methoxy groups -OCH3 is 1. The first kappa shape index (κ1) is 20.7. The molecular weight excluding hydrogens is 398 g/mol. The average Bonchev–Trinajstić information content (AvgIpc) is 3.31. The molecule has 1 saturated heterocycles. The zero-order valence-corrected chi connectivity index (χ0v) is 17.4. The third-order valence-electron chi connectivity index (χ3n) is 4.98. The van der Waals surface area contributed by atoms with Gasteiger partial charge in [0.15, 0.2) is 11.5 Å². The second-order valence-electron chi connectivity index (χ2n) is 7.09. The zero-order valence-electron chi connectivity index (χ0n) is 17.4. The summed E-state index contributed by atoms with van der Waals surface area (Å²) >= 11 is 0. The summed E-state index contributed by atoms with van der Waals surface area (Å²) in [5.41, 5.74) is 2.39. The van der Waals surface area contributed by atoms with Crippen molar-refractivity contribution in [2.45, 2.75) is 13.2 Å². The van der Waals surface area contributed by atoms with E-state index in [1.807, 2.05) is 30.3 Å². The number of ether oxygens (including phenoxy) is 3.